The van der Waals surface area contributed by atoms with Crippen LogP contribution in [-0.4, -0.2) is 18.4 Å². The summed E-state index contributed by atoms with van der Waals surface area (Å²) in [6.07, 6.45) is 1.03. The molecule has 92 valence electrons. The number of amides is 2. The van der Waals surface area contributed by atoms with Crippen LogP contribution in [-0.2, 0) is 11.2 Å². The highest BCUT2D eigenvalue weighted by Gasteiger charge is 2.18. The molecule has 4 nitrogen and oxygen atoms in total. The number of hydrogen-bond donors (Lipinski definition) is 2. The Morgan fingerprint density at radius 2 is 2.33 bits per heavy atom. The molecule has 0 saturated heterocycles. The zero-order chi connectivity index (χ0) is 13.0. The Bertz CT molecular complexity index is 553. The van der Waals surface area contributed by atoms with Crippen LogP contribution in [0.25, 0.3) is 0 Å². The molecule has 2 rings (SSSR count). The highest BCUT2D eigenvalue weighted by molar-refractivity contribution is 6.02. The lowest BCUT2D eigenvalue weighted by Crippen LogP contribution is -2.24. The van der Waals surface area contributed by atoms with E-state index in [1.165, 1.54) is 0 Å². The summed E-state index contributed by atoms with van der Waals surface area (Å²) in [4.78, 5) is 23.0. The third kappa shape index (κ3) is 2.69. The molecule has 4 heteroatoms. The van der Waals surface area contributed by atoms with Crippen molar-refractivity contribution in [1.29, 1.82) is 0 Å². The molecule has 0 spiro atoms. The standard InChI is InChI=1S/C14H14N2O2/c1-2-3-4-7-15-14(18)11-6-5-10-9-13(17)16-12(10)8-11/h5-6,8H,4,7,9H2,1H3,(H,15,18)(H,16,17). The molecule has 2 amide bonds. The third-order valence-corrected chi connectivity index (χ3v) is 2.71. The maximum absolute atomic E-state index is 11.8. The van der Waals surface area contributed by atoms with Gasteiger partial charge in [0.15, 0.2) is 0 Å². The predicted molar refractivity (Wildman–Crippen MR) is 69.2 cm³/mol. The van der Waals surface area contributed by atoms with Gasteiger partial charge in [0, 0.05) is 24.2 Å². The summed E-state index contributed by atoms with van der Waals surface area (Å²) in [7, 11) is 0. The lowest BCUT2D eigenvalue weighted by Gasteiger charge is -2.05. The maximum atomic E-state index is 11.8. The first-order valence-corrected chi connectivity index (χ1v) is 5.81. The quantitative estimate of drug-likeness (QED) is 0.620. The fourth-order valence-corrected chi connectivity index (χ4v) is 1.82. The Kier molecular flexibility index (Phi) is 3.63. The van der Waals surface area contributed by atoms with Gasteiger partial charge in [0.2, 0.25) is 5.91 Å². The molecule has 0 bridgehead atoms. The molecule has 0 radical (unpaired) electrons. The highest BCUT2D eigenvalue weighted by Crippen LogP contribution is 2.23. The summed E-state index contributed by atoms with van der Waals surface area (Å²) in [6.45, 7) is 2.30. The van der Waals surface area contributed by atoms with Gasteiger partial charge in [-0.25, -0.2) is 0 Å². The van der Waals surface area contributed by atoms with E-state index in [1.807, 2.05) is 6.07 Å². The minimum atomic E-state index is -0.142. The third-order valence-electron chi connectivity index (χ3n) is 2.71. The normalized spacial score (nSPS) is 12.2. The fourth-order valence-electron chi connectivity index (χ4n) is 1.82. The number of hydrogen-bond acceptors (Lipinski definition) is 2. The molecule has 0 atom stereocenters. The van der Waals surface area contributed by atoms with Crippen molar-refractivity contribution in [3.63, 3.8) is 0 Å². The van der Waals surface area contributed by atoms with Crippen LogP contribution in [0, 0.1) is 11.8 Å². The van der Waals surface area contributed by atoms with Gasteiger partial charge in [-0.05, 0) is 24.6 Å². The molecule has 1 aromatic rings. The van der Waals surface area contributed by atoms with Gasteiger partial charge in [-0.2, -0.15) is 0 Å². The van der Waals surface area contributed by atoms with Crippen LogP contribution in [0.4, 0.5) is 5.69 Å². The molecule has 1 aromatic carbocycles. The van der Waals surface area contributed by atoms with Gasteiger partial charge in [-0.1, -0.05) is 6.07 Å². The van der Waals surface area contributed by atoms with Crippen molar-refractivity contribution in [2.24, 2.45) is 0 Å². The average Bonchev–Trinajstić information content (AvgIpc) is 2.73. The minimum Gasteiger partial charge on any atom is -0.351 e. The molecule has 0 fully saturated rings. The Morgan fingerprint density at radius 3 is 3.11 bits per heavy atom. The predicted octanol–water partition coefficient (Wildman–Crippen LogP) is 1.32. The van der Waals surface area contributed by atoms with E-state index in [1.54, 1.807) is 19.1 Å². The Balaban J connectivity index is 2.01. The number of rotatable bonds is 3. The number of benzene rings is 1. The van der Waals surface area contributed by atoms with Crippen LogP contribution in [0.2, 0.25) is 0 Å². The number of nitrogens with one attached hydrogen (secondary N) is 2. The topological polar surface area (TPSA) is 58.2 Å². The minimum absolute atomic E-state index is 0.0271. The van der Waals surface area contributed by atoms with Crippen molar-refractivity contribution in [2.75, 3.05) is 11.9 Å². The van der Waals surface area contributed by atoms with E-state index >= 15 is 0 Å². The lowest BCUT2D eigenvalue weighted by atomic mass is 10.1. The first-order chi connectivity index (χ1) is 8.70. The van der Waals surface area contributed by atoms with E-state index in [0.717, 1.165) is 11.3 Å². The molecule has 1 heterocycles. The van der Waals surface area contributed by atoms with Crippen LogP contribution < -0.4 is 10.6 Å². The van der Waals surface area contributed by atoms with Crippen LogP contribution in [0.3, 0.4) is 0 Å². The Labute approximate surface area is 106 Å². The van der Waals surface area contributed by atoms with Crippen LogP contribution in [0.15, 0.2) is 18.2 Å². The second-order valence-electron chi connectivity index (χ2n) is 4.03. The number of anilines is 1. The molecule has 0 unspecified atom stereocenters. The van der Waals surface area contributed by atoms with Crippen LogP contribution in [0.1, 0.15) is 29.3 Å². The van der Waals surface area contributed by atoms with E-state index in [4.69, 9.17) is 0 Å². The maximum Gasteiger partial charge on any atom is 0.251 e. The highest BCUT2D eigenvalue weighted by atomic mass is 16.2. The van der Waals surface area contributed by atoms with Gasteiger partial charge in [0.1, 0.15) is 0 Å². The molecule has 1 aliphatic heterocycles. The van der Waals surface area contributed by atoms with Gasteiger partial charge in [0.25, 0.3) is 5.91 Å². The lowest BCUT2D eigenvalue weighted by molar-refractivity contribution is -0.115. The van der Waals surface area contributed by atoms with Gasteiger partial charge in [-0.3, -0.25) is 9.59 Å². The van der Waals surface area contributed by atoms with E-state index in [0.29, 0.717) is 24.9 Å². The largest absolute Gasteiger partial charge is 0.351 e. The van der Waals surface area contributed by atoms with Crippen molar-refractivity contribution in [1.82, 2.24) is 5.32 Å². The zero-order valence-corrected chi connectivity index (χ0v) is 10.2. The first kappa shape index (κ1) is 12.2. The number of fused-ring (bicyclic) bond motifs is 1. The van der Waals surface area contributed by atoms with Crippen LogP contribution >= 0.6 is 0 Å². The summed E-state index contributed by atoms with van der Waals surface area (Å²) in [5, 5.41) is 5.51. The van der Waals surface area contributed by atoms with Gasteiger partial charge < -0.3 is 10.6 Å². The van der Waals surface area contributed by atoms with E-state index in [2.05, 4.69) is 22.5 Å². The fraction of sp³-hybridized carbons (Fsp3) is 0.286. The van der Waals surface area contributed by atoms with Crippen LogP contribution in [0.5, 0.6) is 0 Å². The van der Waals surface area contributed by atoms with Gasteiger partial charge >= 0.3 is 0 Å². The Hall–Kier alpha value is -2.28. The summed E-state index contributed by atoms with van der Waals surface area (Å²) < 4.78 is 0. The van der Waals surface area contributed by atoms with E-state index in [-0.39, 0.29) is 11.8 Å². The van der Waals surface area contributed by atoms with Crippen molar-refractivity contribution < 1.29 is 9.59 Å². The Morgan fingerprint density at radius 1 is 1.50 bits per heavy atom. The van der Waals surface area contributed by atoms with Crippen molar-refractivity contribution >= 4 is 17.5 Å². The number of carbonyl (C=O) groups excluding carboxylic acids is 2. The summed E-state index contributed by atoms with van der Waals surface area (Å²) in [5.74, 6) is 5.48. The molecule has 0 aliphatic carbocycles. The smallest absolute Gasteiger partial charge is 0.251 e. The van der Waals surface area contributed by atoms with Crippen molar-refractivity contribution in [3.8, 4) is 11.8 Å². The van der Waals surface area contributed by atoms with E-state index < -0.39 is 0 Å². The molecule has 2 N–H and O–H groups in total. The first-order valence-electron chi connectivity index (χ1n) is 5.81. The van der Waals surface area contributed by atoms with Crippen molar-refractivity contribution in [3.05, 3.63) is 29.3 Å². The van der Waals surface area contributed by atoms with Gasteiger partial charge in [-0.15, -0.1) is 11.8 Å². The summed E-state index contributed by atoms with van der Waals surface area (Å²) in [6, 6.07) is 5.26. The van der Waals surface area contributed by atoms with Crippen molar-refractivity contribution in [2.45, 2.75) is 19.8 Å². The molecular weight excluding hydrogens is 228 g/mol. The summed E-state index contributed by atoms with van der Waals surface area (Å²) in [5.41, 5.74) is 2.23. The molecule has 18 heavy (non-hydrogen) atoms. The molecule has 1 aliphatic rings. The molecule has 0 aromatic heterocycles. The average molecular weight is 242 g/mol. The zero-order valence-electron chi connectivity index (χ0n) is 10.2. The summed E-state index contributed by atoms with van der Waals surface area (Å²) >= 11 is 0. The van der Waals surface area contributed by atoms with Gasteiger partial charge in [0.05, 0.1) is 6.42 Å². The molecule has 0 saturated carbocycles. The van der Waals surface area contributed by atoms with E-state index in [9.17, 15) is 9.59 Å². The second-order valence-corrected chi connectivity index (χ2v) is 4.03. The number of carbonyl (C=O) groups is 2. The second kappa shape index (κ2) is 5.37. The molecular formula is C14H14N2O2. The monoisotopic (exact) mass is 242 g/mol. The SMILES string of the molecule is CC#CCCNC(=O)c1ccc2c(c1)NC(=O)C2.